The highest BCUT2D eigenvalue weighted by molar-refractivity contribution is 6.57. The van der Waals surface area contributed by atoms with Crippen LogP contribution in [0.1, 0.15) is 72.6 Å². The van der Waals surface area contributed by atoms with Crippen LogP contribution in [0.2, 0.25) is 0 Å². The summed E-state index contributed by atoms with van der Waals surface area (Å²) in [7, 11) is 2.34. The normalized spacial score (nSPS) is 12.5. The molecule has 0 aromatic carbocycles. The highest BCUT2D eigenvalue weighted by Crippen LogP contribution is 2.29. The summed E-state index contributed by atoms with van der Waals surface area (Å²) in [6.45, 7) is 9.93. The van der Waals surface area contributed by atoms with Gasteiger partial charge in [0.2, 0.25) is 0 Å². The number of hydrogen-bond donors (Lipinski definition) is 0. The van der Waals surface area contributed by atoms with Gasteiger partial charge in [-0.3, -0.25) is 4.57 Å². The fourth-order valence-electron chi connectivity index (χ4n) is 2.91. The molecule has 136 valence electrons. The monoisotopic (exact) mass is 355 g/mol. The molecule has 6 heteroatoms. The van der Waals surface area contributed by atoms with Gasteiger partial charge in [-0.2, -0.15) is 0 Å². The second kappa shape index (κ2) is 12.7. The fourth-order valence-corrected chi connectivity index (χ4v) is 5.42. The summed E-state index contributed by atoms with van der Waals surface area (Å²) in [5.41, 5.74) is 0.0243. The molecule has 0 aliphatic carbocycles. The molecule has 4 nitrogen and oxygen atoms in total. The number of nitrogens with zero attached hydrogens (tertiary/aromatic N) is 1. The van der Waals surface area contributed by atoms with Gasteiger partial charge in [0.05, 0.1) is 0 Å². The number of rotatable bonds is 13. The number of unbranched alkanes of at least 4 members (excludes halogenated alkanes) is 4. The van der Waals surface area contributed by atoms with Crippen molar-refractivity contribution in [3.63, 3.8) is 0 Å². The highest BCUT2D eigenvalue weighted by Gasteiger charge is 2.51. The van der Waals surface area contributed by atoms with Gasteiger partial charge < -0.3 is 13.3 Å². The lowest BCUT2D eigenvalue weighted by molar-refractivity contribution is 0.0160. The Labute approximate surface area is 145 Å². The van der Waals surface area contributed by atoms with Crippen LogP contribution in [-0.4, -0.2) is 46.9 Å². The van der Waals surface area contributed by atoms with Crippen LogP contribution in [0.15, 0.2) is 0 Å². The van der Waals surface area contributed by atoms with E-state index in [0.29, 0.717) is 0 Å². The van der Waals surface area contributed by atoms with Crippen LogP contribution >= 0.6 is 12.4 Å². The molecule has 0 radical (unpaired) electrons. The first kappa shape index (κ1) is 24.6. The van der Waals surface area contributed by atoms with E-state index in [-0.39, 0.29) is 17.9 Å². The van der Waals surface area contributed by atoms with Crippen molar-refractivity contribution in [3.05, 3.63) is 0 Å². The van der Waals surface area contributed by atoms with Gasteiger partial charge in [0.1, 0.15) is 0 Å². The molecule has 22 heavy (non-hydrogen) atoms. The van der Waals surface area contributed by atoms with Crippen LogP contribution in [0.4, 0.5) is 0 Å². The predicted octanol–water partition coefficient (Wildman–Crippen LogP) is 4.63. The number of halogens is 1. The minimum Gasteiger partial charge on any atom is -0.364 e. The summed E-state index contributed by atoms with van der Waals surface area (Å²) in [6.07, 6.45) is 8.71. The molecule has 0 atom stereocenters. The molecule has 0 heterocycles. The standard InChI is InChI=1S/C16H37NO3Si.ClH/c1-8-10-11-12-13-14-16(3,4)17(15-9-2)21(18-5,19-6)20-7;/h8-15H2,1-7H3;1H. The van der Waals surface area contributed by atoms with Gasteiger partial charge in [-0.1, -0.05) is 46.0 Å². The Kier molecular flexibility index (Phi) is 14.2. The van der Waals surface area contributed by atoms with Gasteiger partial charge >= 0.3 is 8.97 Å². The van der Waals surface area contributed by atoms with E-state index in [1.165, 1.54) is 32.1 Å². The average Bonchev–Trinajstić information content (AvgIpc) is 2.48. The first-order valence-electron chi connectivity index (χ1n) is 8.37. The maximum atomic E-state index is 5.70. The lowest BCUT2D eigenvalue weighted by atomic mass is 9.96. The van der Waals surface area contributed by atoms with Crippen molar-refractivity contribution in [3.8, 4) is 0 Å². The van der Waals surface area contributed by atoms with E-state index in [4.69, 9.17) is 13.3 Å². The van der Waals surface area contributed by atoms with E-state index in [1.54, 1.807) is 21.3 Å². The second-order valence-corrected chi connectivity index (χ2v) is 9.08. The Bertz CT molecular complexity index is 256. The third kappa shape index (κ3) is 7.28. The van der Waals surface area contributed by atoms with E-state index in [1.807, 2.05) is 0 Å². The van der Waals surface area contributed by atoms with Crippen LogP contribution in [0, 0.1) is 0 Å². The Morgan fingerprint density at radius 1 is 0.818 bits per heavy atom. The SMILES string of the molecule is CCCCCCCC(C)(C)N(CCC)[Si](OC)(OC)OC.Cl. The zero-order chi connectivity index (χ0) is 16.4. The topological polar surface area (TPSA) is 30.9 Å². The zero-order valence-corrected chi connectivity index (χ0v) is 17.6. The molecule has 0 aromatic heterocycles. The molecule has 0 amide bonds. The van der Waals surface area contributed by atoms with Crippen LogP contribution in [0.5, 0.6) is 0 Å². The molecule has 0 aromatic rings. The maximum absolute atomic E-state index is 5.70. The van der Waals surface area contributed by atoms with E-state index >= 15 is 0 Å². The van der Waals surface area contributed by atoms with Gasteiger partial charge in [-0.25, -0.2) is 0 Å². The van der Waals surface area contributed by atoms with E-state index in [2.05, 4.69) is 32.3 Å². The molecular weight excluding hydrogens is 318 g/mol. The Morgan fingerprint density at radius 3 is 1.73 bits per heavy atom. The Morgan fingerprint density at radius 2 is 1.32 bits per heavy atom. The van der Waals surface area contributed by atoms with Crippen molar-refractivity contribution < 1.29 is 13.3 Å². The van der Waals surface area contributed by atoms with E-state index in [9.17, 15) is 0 Å². The average molecular weight is 356 g/mol. The van der Waals surface area contributed by atoms with Gasteiger partial charge in [-0.05, 0) is 33.2 Å². The molecule has 0 bridgehead atoms. The molecule has 0 saturated carbocycles. The first-order chi connectivity index (χ1) is 9.94. The van der Waals surface area contributed by atoms with Gasteiger partial charge in [0.25, 0.3) is 0 Å². The fraction of sp³-hybridized carbons (Fsp3) is 1.00. The van der Waals surface area contributed by atoms with Crippen LogP contribution < -0.4 is 0 Å². The molecule has 0 aliphatic heterocycles. The van der Waals surface area contributed by atoms with Crippen molar-refractivity contribution in [1.29, 1.82) is 0 Å². The van der Waals surface area contributed by atoms with Crippen molar-refractivity contribution in [2.24, 2.45) is 0 Å². The van der Waals surface area contributed by atoms with Gasteiger partial charge in [0.15, 0.2) is 0 Å². The lowest BCUT2D eigenvalue weighted by Crippen LogP contribution is -2.66. The summed E-state index contributed by atoms with van der Waals surface area (Å²) >= 11 is 0. The minimum atomic E-state index is -2.75. The zero-order valence-electron chi connectivity index (χ0n) is 15.7. The van der Waals surface area contributed by atoms with Crippen LogP contribution in [0.3, 0.4) is 0 Å². The minimum absolute atomic E-state index is 0. The predicted molar refractivity (Wildman–Crippen MR) is 98.5 cm³/mol. The molecular formula is C16H38ClNO3Si. The van der Waals surface area contributed by atoms with Crippen molar-refractivity contribution in [1.82, 2.24) is 4.57 Å². The largest absolute Gasteiger partial charge is 0.599 e. The summed E-state index contributed by atoms with van der Waals surface area (Å²) < 4.78 is 19.4. The molecule has 0 rings (SSSR count). The first-order valence-corrected chi connectivity index (χ1v) is 10.0. The summed E-state index contributed by atoms with van der Waals surface area (Å²) in [4.78, 5) is 0. The Hall–Kier alpha value is 0.347. The summed E-state index contributed by atoms with van der Waals surface area (Å²) in [5.74, 6) is 0. The maximum Gasteiger partial charge on any atom is 0.599 e. The third-order valence-electron chi connectivity index (χ3n) is 4.17. The van der Waals surface area contributed by atoms with Gasteiger partial charge in [0, 0.05) is 26.9 Å². The quantitative estimate of drug-likeness (QED) is 0.356. The van der Waals surface area contributed by atoms with Crippen molar-refractivity contribution in [2.45, 2.75) is 78.2 Å². The molecule has 0 saturated heterocycles. The summed E-state index contributed by atoms with van der Waals surface area (Å²) in [5, 5.41) is 0. The Balaban J connectivity index is 0. The smallest absolute Gasteiger partial charge is 0.364 e. The van der Waals surface area contributed by atoms with Crippen molar-refractivity contribution >= 4 is 21.4 Å². The van der Waals surface area contributed by atoms with Crippen molar-refractivity contribution in [2.75, 3.05) is 27.9 Å². The molecule has 0 N–H and O–H groups in total. The lowest BCUT2D eigenvalue weighted by Gasteiger charge is -2.45. The highest BCUT2D eigenvalue weighted by atomic mass is 35.5. The van der Waals surface area contributed by atoms with E-state index in [0.717, 1.165) is 19.4 Å². The van der Waals surface area contributed by atoms with E-state index < -0.39 is 8.97 Å². The molecule has 0 fully saturated rings. The molecule has 0 unspecified atom stereocenters. The van der Waals surface area contributed by atoms with Gasteiger partial charge in [-0.15, -0.1) is 12.4 Å². The third-order valence-corrected chi connectivity index (χ3v) is 7.21. The van der Waals surface area contributed by atoms with Crippen LogP contribution in [-0.2, 0) is 13.3 Å². The summed E-state index contributed by atoms with van der Waals surface area (Å²) in [6, 6.07) is 0. The molecule has 0 aliphatic rings. The number of hydrogen-bond acceptors (Lipinski definition) is 4. The molecule has 0 spiro atoms. The van der Waals surface area contributed by atoms with Crippen LogP contribution in [0.25, 0.3) is 0 Å². The second-order valence-electron chi connectivity index (χ2n) is 6.26.